The van der Waals surface area contributed by atoms with E-state index in [1.54, 1.807) is 42.5 Å². The monoisotopic (exact) mass is 459 g/mol. The summed E-state index contributed by atoms with van der Waals surface area (Å²) in [5.41, 5.74) is 3.25. The highest BCUT2D eigenvalue weighted by Gasteiger charge is 2.35. The molecule has 1 saturated heterocycles. The number of anilines is 1. The Morgan fingerprint density at radius 3 is 2.06 bits per heavy atom. The average Bonchev–Trinajstić information content (AvgIpc) is 3.09. The van der Waals surface area contributed by atoms with Crippen LogP contribution in [0.3, 0.4) is 0 Å². The number of hydrogen-bond donors (Lipinski definition) is 0. The van der Waals surface area contributed by atoms with Gasteiger partial charge in [0.25, 0.3) is 17.7 Å². The summed E-state index contributed by atoms with van der Waals surface area (Å²) in [5, 5.41) is 0.702. The van der Waals surface area contributed by atoms with Gasteiger partial charge in [-0.1, -0.05) is 35.9 Å². The normalized spacial score (nSPS) is 15.7. The number of amides is 3. The van der Waals surface area contributed by atoms with E-state index in [-0.39, 0.29) is 24.3 Å². The molecule has 0 aromatic heterocycles. The van der Waals surface area contributed by atoms with Crippen LogP contribution in [0.5, 0.6) is 0 Å². The summed E-state index contributed by atoms with van der Waals surface area (Å²) >= 11 is 5.98. The number of nitrogens with zero attached hydrogens (tertiary/aromatic N) is 3. The summed E-state index contributed by atoms with van der Waals surface area (Å²) in [6.45, 7) is 2.84. The molecule has 0 N–H and O–H groups in total. The second kappa shape index (κ2) is 8.71. The molecule has 0 unspecified atom stereocenters. The molecule has 0 atom stereocenters. The van der Waals surface area contributed by atoms with E-state index in [1.165, 1.54) is 4.90 Å². The van der Waals surface area contributed by atoms with Gasteiger partial charge in [0.15, 0.2) is 0 Å². The first-order chi connectivity index (χ1) is 16.0. The number of halogens is 1. The largest absolute Gasteiger partial charge is 0.368 e. The third-order valence-electron chi connectivity index (χ3n) is 6.15. The van der Waals surface area contributed by atoms with Crippen LogP contribution in [0, 0.1) is 0 Å². The van der Waals surface area contributed by atoms with Crippen LogP contribution < -0.4 is 4.90 Å². The standard InChI is InChI=1S/C26H22ClN3O3/c27-20-8-10-21(11-9-20)28-12-14-29(15-13-28)24(31)19-5-3-4-18(16-19)17-30-25(32)22-6-1-2-7-23(22)26(30)33/h1-11,16H,12-15,17H2. The number of piperazine rings is 1. The maximum atomic E-state index is 13.1. The Hall–Kier alpha value is -3.64. The summed E-state index contributed by atoms with van der Waals surface area (Å²) in [7, 11) is 0. The van der Waals surface area contributed by atoms with Gasteiger partial charge in [0.2, 0.25) is 0 Å². The SMILES string of the molecule is O=C(c1cccc(CN2C(=O)c3ccccc3C2=O)c1)N1CCN(c2ccc(Cl)cc2)CC1. The van der Waals surface area contributed by atoms with E-state index in [0.717, 1.165) is 24.3 Å². The van der Waals surface area contributed by atoms with Crippen molar-refractivity contribution in [1.82, 2.24) is 9.80 Å². The molecule has 0 aliphatic carbocycles. The lowest BCUT2D eigenvalue weighted by Crippen LogP contribution is -2.48. The molecule has 2 aliphatic heterocycles. The molecule has 5 rings (SSSR count). The van der Waals surface area contributed by atoms with Crippen molar-refractivity contribution in [3.8, 4) is 0 Å². The molecule has 1 fully saturated rings. The highest BCUT2D eigenvalue weighted by Crippen LogP contribution is 2.25. The first-order valence-corrected chi connectivity index (χ1v) is 11.2. The van der Waals surface area contributed by atoms with Crippen LogP contribution in [0.4, 0.5) is 5.69 Å². The van der Waals surface area contributed by atoms with Gasteiger partial charge in [-0.3, -0.25) is 19.3 Å². The molecular formula is C26H22ClN3O3. The number of fused-ring (bicyclic) bond motifs is 1. The molecule has 7 heteroatoms. The molecule has 3 amide bonds. The summed E-state index contributed by atoms with van der Waals surface area (Å²) in [4.78, 5) is 43.8. The van der Waals surface area contributed by atoms with Gasteiger partial charge in [0.05, 0.1) is 17.7 Å². The molecule has 2 heterocycles. The van der Waals surface area contributed by atoms with E-state index >= 15 is 0 Å². The lowest BCUT2D eigenvalue weighted by atomic mass is 10.1. The van der Waals surface area contributed by atoms with Crippen LogP contribution in [0.15, 0.2) is 72.8 Å². The predicted molar refractivity (Wildman–Crippen MR) is 127 cm³/mol. The Morgan fingerprint density at radius 2 is 1.42 bits per heavy atom. The Balaban J connectivity index is 1.25. The fourth-order valence-electron chi connectivity index (χ4n) is 4.37. The number of hydrogen-bond acceptors (Lipinski definition) is 4. The molecule has 0 saturated carbocycles. The van der Waals surface area contributed by atoms with Gasteiger partial charge in [0, 0.05) is 42.5 Å². The minimum absolute atomic E-state index is 0.0463. The number of benzene rings is 3. The highest BCUT2D eigenvalue weighted by atomic mass is 35.5. The number of carbonyl (C=O) groups excluding carboxylic acids is 3. The van der Waals surface area contributed by atoms with E-state index in [1.807, 2.05) is 35.2 Å². The Kier molecular flexibility index (Phi) is 5.60. The fourth-order valence-corrected chi connectivity index (χ4v) is 4.50. The lowest BCUT2D eigenvalue weighted by molar-refractivity contribution is 0.0642. The van der Waals surface area contributed by atoms with Crippen molar-refractivity contribution in [2.45, 2.75) is 6.54 Å². The van der Waals surface area contributed by atoms with Crippen molar-refractivity contribution in [2.24, 2.45) is 0 Å². The van der Waals surface area contributed by atoms with Crippen LogP contribution in [0.1, 0.15) is 36.6 Å². The summed E-state index contributed by atoms with van der Waals surface area (Å²) in [6, 6.07) is 21.7. The molecule has 33 heavy (non-hydrogen) atoms. The number of imide groups is 1. The zero-order chi connectivity index (χ0) is 22.9. The minimum atomic E-state index is -0.300. The third-order valence-corrected chi connectivity index (χ3v) is 6.40. The van der Waals surface area contributed by atoms with E-state index in [0.29, 0.717) is 34.8 Å². The molecular weight excluding hydrogens is 438 g/mol. The topological polar surface area (TPSA) is 60.9 Å². The zero-order valence-electron chi connectivity index (χ0n) is 17.9. The van der Waals surface area contributed by atoms with Gasteiger partial charge in [-0.25, -0.2) is 0 Å². The van der Waals surface area contributed by atoms with E-state index in [9.17, 15) is 14.4 Å². The van der Waals surface area contributed by atoms with Crippen molar-refractivity contribution in [3.05, 3.63) is 100 Å². The maximum Gasteiger partial charge on any atom is 0.261 e. The summed E-state index contributed by atoms with van der Waals surface area (Å²) in [5.74, 6) is -0.647. The van der Waals surface area contributed by atoms with Crippen LogP contribution in [-0.2, 0) is 6.54 Å². The molecule has 3 aromatic carbocycles. The second-order valence-corrected chi connectivity index (χ2v) is 8.63. The molecule has 2 aliphatic rings. The van der Waals surface area contributed by atoms with E-state index in [4.69, 9.17) is 11.6 Å². The number of rotatable bonds is 4. The first kappa shape index (κ1) is 21.2. The summed E-state index contributed by atoms with van der Waals surface area (Å²) < 4.78 is 0. The molecule has 0 bridgehead atoms. The van der Waals surface area contributed by atoms with Crippen LogP contribution in [-0.4, -0.2) is 53.7 Å². The summed E-state index contributed by atoms with van der Waals surface area (Å²) in [6.07, 6.45) is 0. The van der Waals surface area contributed by atoms with Gasteiger partial charge in [-0.05, 0) is 54.1 Å². The minimum Gasteiger partial charge on any atom is -0.368 e. The van der Waals surface area contributed by atoms with Crippen molar-refractivity contribution in [2.75, 3.05) is 31.1 Å². The Morgan fingerprint density at radius 1 is 0.788 bits per heavy atom. The van der Waals surface area contributed by atoms with Gasteiger partial charge in [0.1, 0.15) is 0 Å². The zero-order valence-corrected chi connectivity index (χ0v) is 18.7. The van der Waals surface area contributed by atoms with Crippen molar-refractivity contribution < 1.29 is 14.4 Å². The fraction of sp³-hybridized carbons (Fsp3) is 0.192. The molecule has 3 aromatic rings. The van der Waals surface area contributed by atoms with Crippen LogP contribution in [0.25, 0.3) is 0 Å². The van der Waals surface area contributed by atoms with Gasteiger partial charge >= 0.3 is 0 Å². The van der Waals surface area contributed by atoms with Gasteiger partial charge in [-0.2, -0.15) is 0 Å². The van der Waals surface area contributed by atoms with Crippen molar-refractivity contribution >= 4 is 35.0 Å². The third kappa shape index (κ3) is 4.10. The maximum absolute atomic E-state index is 13.1. The van der Waals surface area contributed by atoms with Gasteiger partial charge < -0.3 is 9.80 Å². The van der Waals surface area contributed by atoms with Crippen LogP contribution in [0.2, 0.25) is 5.02 Å². The smallest absolute Gasteiger partial charge is 0.261 e. The van der Waals surface area contributed by atoms with Crippen molar-refractivity contribution in [1.29, 1.82) is 0 Å². The first-order valence-electron chi connectivity index (χ1n) is 10.9. The lowest BCUT2D eigenvalue weighted by Gasteiger charge is -2.36. The van der Waals surface area contributed by atoms with Gasteiger partial charge in [-0.15, -0.1) is 0 Å². The van der Waals surface area contributed by atoms with E-state index < -0.39 is 0 Å². The molecule has 6 nitrogen and oxygen atoms in total. The quantitative estimate of drug-likeness (QED) is 0.551. The van der Waals surface area contributed by atoms with Crippen molar-refractivity contribution in [3.63, 3.8) is 0 Å². The molecule has 0 radical (unpaired) electrons. The van der Waals surface area contributed by atoms with E-state index in [2.05, 4.69) is 4.90 Å². The van der Waals surface area contributed by atoms with Crippen LogP contribution >= 0.6 is 11.6 Å². The second-order valence-electron chi connectivity index (χ2n) is 8.20. The molecule has 166 valence electrons. The predicted octanol–water partition coefficient (Wildman–Crippen LogP) is 4.10. The molecule has 0 spiro atoms. The Labute approximate surface area is 197 Å². The highest BCUT2D eigenvalue weighted by molar-refractivity contribution is 6.30. The number of carbonyl (C=O) groups is 3. The Bertz CT molecular complexity index is 1200. The average molecular weight is 460 g/mol.